The highest BCUT2D eigenvalue weighted by Crippen LogP contribution is 2.30. The fraction of sp³-hybridized carbons (Fsp3) is 0.158. The first-order chi connectivity index (χ1) is 12.6. The molecule has 1 amide bonds. The van der Waals surface area contributed by atoms with Crippen LogP contribution in [0.4, 0.5) is 10.1 Å². The molecule has 26 heavy (non-hydrogen) atoms. The Morgan fingerprint density at radius 1 is 1.19 bits per heavy atom. The number of aromatic nitrogens is 1. The van der Waals surface area contributed by atoms with Crippen molar-refractivity contribution in [3.05, 3.63) is 59.4 Å². The molecular formula is C19H17FN2O3S. The van der Waals surface area contributed by atoms with Crippen molar-refractivity contribution >= 4 is 22.9 Å². The summed E-state index contributed by atoms with van der Waals surface area (Å²) in [5, 5.41) is 3.36. The molecule has 5 nitrogen and oxygen atoms in total. The van der Waals surface area contributed by atoms with E-state index in [2.05, 4.69) is 10.3 Å². The molecule has 0 aliphatic carbocycles. The number of anilines is 1. The number of carbonyl (C=O) groups excluding carboxylic acids is 1. The van der Waals surface area contributed by atoms with E-state index in [4.69, 9.17) is 9.47 Å². The summed E-state index contributed by atoms with van der Waals surface area (Å²) < 4.78 is 24.2. The van der Waals surface area contributed by atoms with Crippen molar-refractivity contribution in [3.63, 3.8) is 0 Å². The van der Waals surface area contributed by atoms with Crippen LogP contribution in [0.25, 0.3) is 10.6 Å². The Bertz CT molecular complexity index is 927. The predicted octanol–water partition coefficient (Wildman–Crippen LogP) is 4.15. The van der Waals surface area contributed by atoms with Gasteiger partial charge in [-0.3, -0.25) is 4.79 Å². The number of benzene rings is 2. The summed E-state index contributed by atoms with van der Waals surface area (Å²) >= 11 is 1.29. The maximum Gasteiger partial charge on any atom is 0.229 e. The number of nitrogens with one attached hydrogen (secondary N) is 1. The quantitative estimate of drug-likeness (QED) is 0.706. The van der Waals surface area contributed by atoms with Crippen LogP contribution in [-0.4, -0.2) is 25.1 Å². The topological polar surface area (TPSA) is 60.5 Å². The SMILES string of the molecule is COc1ccc(NC(=O)Cc2cnc(-c3ccccc3F)s2)c(OC)c1. The summed E-state index contributed by atoms with van der Waals surface area (Å²) in [6, 6.07) is 11.6. The average Bonchev–Trinajstić information content (AvgIpc) is 3.10. The Hall–Kier alpha value is -2.93. The van der Waals surface area contributed by atoms with Crippen molar-refractivity contribution in [3.8, 4) is 22.1 Å². The third-order valence-electron chi connectivity index (χ3n) is 3.68. The van der Waals surface area contributed by atoms with Crippen molar-refractivity contribution in [2.75, 3.05) is 19.5 Å². The van der Waals surface area contributed by atoms with E-state index in [9.17, 15) is 9.18 Å². The van der Waals surface area contributed by atoms with Gasteiger partial charge < -0.3 is 14.8 Å². The molecule has 0 spiro atoms. The minimum Gasteiger partial charge on any atom is -0.497 e. The number of carbonyl (C=O) groups is 1. The van der Waals surface area contributed by atoms with Crippen LogP contribution < -0.4 is 14.8 Å². The second kappa shape index (κ2) is 7.97. The van der Waals surface area contributed by atoms with Crippen molar-refractivity contribution in [2.45, 2.75) is 6.42 Å². The lowest BCUT2D eigenvalue weighted by molar-refractivity contribution is -0.115. The van der Waals surface area contributed by atoms with Crippen LogP contribution in [0.15, 0.2) is 48.7 Å². The van der Waals surface area contributed by atoms with E-state index in [0.29, 0.717) is 27.8 Å². The van der Waals surface area contributed by atoms with Crippen LogP contribution in [0.5, 0.6) is 11.5 Å². The number of rotatable bonds is 6. The van der Waals surface area contributed by atoms with Crippen LogP contribution in [0, 0.1) is 5.82 Å². The van der Waals surface area contributed by atoms with Gasteiger partial charge in [-0.05, 0) is 24.3 Å². The largest absolute Gasteiger partial charge is 0.497 e. The zero-order chi connectivity index (χ0) is 18.5. The van der Waals surface area contributed by atoms with Gasteiger partial charge >= 0.3 is 0 Å². The van der Waals surface area contributed by atoms with Gasteiger partial charge in [0.05, 0.1) is 26.3 Å². The second-order valence-corrected chi connectivity index (χ2v) is 6.52. The molecule has 3 aromatic rings. The van der Waals surface area contributed by atoms with Crippen LogP contribution in [-0.2, 0) is 11.2 Å². The lowest BCUT2D eigenvalue weighted by Crippen LogP contribution is -2.14. The van der Waals surface area contributed by atoms with E-state index in [1.807, 2.05) is 0 Å². The second-order valence-electron chi connectivity index (χ2n) is 5.40. The number of hydrogen-bond donors (Lipinski definition) is 1. The zero-order valence-electron chi connectivity index (χ0n) is 14.3. The van der Waals surface area contributed by atoms with Crippen molar-refractivity contribution in [1.29, 1.82) is 0 Å². The van der Waals surface area contributed by atoms with Gasteiger partial charge in [-0.2, -0.15) is 0 Å². The van der Waals surface area contributed by atoms with Crippen LogP contribution in [0.1, 0.15) is 4.88 Å². The number of thiazole rings is 1. The summed E-state index contributed by atoms with van der Waals surface area (Å²) in [6.45, 7) is 0. The molecule has 7 heteroatoms. The summed E-state index contributed by atoms with van der Waals surface area (Å²) in [6.07, 6.45) is 1.73. The number of halogens is 1. The molecular weight excluding hydrogens is 355 g/mol. The molecule has 1 aromatic heterocycles. The number of ether oxygens (including phenoxy) is 2. The Morgan fingerprint density at radius 2 is 2.00 bits per heavy atom. The van der Waals surface area contributed by atoms with Crippen LogP contribution >= 0.6 is 11.3 Å². The number of hydrogen-bond acceptors (Lipinski definition) is 5. The Morgan fingerprint density at radius 3 is 2.73 bits per heavy atom. The first-order valence-corrected chi connectivity index (χ1v) is 8.64. The molecule has 0 radical (unpaired) electrons. The molecule has 0 bridgehead atoms. The number of amides is 1. The van der Waals surface area contributed by atoms with Crippen molar-refractivity contribution in [2.24, 2.45) is 0 Å². The third kappa shape index (κ3) is 4.00. The molecule has 134 valence electrons. The van der Waals surface area contributed by atoms with Gasteiger partial charge in [0, 0.05) is 22.7 Å². The predicted molar refractivity (Wildman–Crippen MR) is 99.4 cm³/mol. The smallest absolute Gasteiger partial charge is 0.229 e. The van der Waals surface area contributed by atoms with E-state index in [1.165, 1.54) is 24.5 Å². The monoisotopic (exact) mass is 372 g/mol. The molecule has 0 aliphatic rings. The first kappa shape index (κ1) is 17.9. The normalized spacial score (nSPS) is 10.4. The molecule has 0 atom stereocenters. The van der Waals surface area contributed by atoms with E-state index >= 15 is 0 Å². The fourth-order valence-corrected chi connectivity index (χ4v) is 3.34. The van der Waals surface area contributed by atoms with Gasteiger partial charge in [0.2, 0.25) is 5.91 Å². The summed E-state index contributed by atoms with van der Waals surface area (Å²) in [5.74, 6) is 0.601. The summed E-state index contributed by atoms with van der Waals surface area (Å²) in [4.78, 5) is 17.3. The van der Waals surface area contributed by atoms with E-state index < -0.39 is 0 Å². The van der Waals surface area contributed by atoms with E-state index in [1.54, 1.807) is 49.7 Å². The van der Waals surface area contributed by atoms with E-state index in [0.717, 1.165) is 4.88 Å². The Kier molecular flexibility index (Phi) is 5.48. The molecule has 0 unspecified atom stereocenters. The lowest BCUT2D eigenvalue weighted by Gasteiger charge is -2.11. The minimum atomic E-state index is -0.333. The molecule has 1 N–H and O–H groups in total. The van der Waals surface area contributed by atoms with Crippen molar-refractivity contribution < 1.29 is 18.7 Å². The van der Waals surface area contributed by atoms with Crippen LogP contribution in [0.3, 0.4) is 0 Å². The van der Waals surface area contributed by atoms with Gasteiger partial charge in [-0.15, -0.1) is 11.3 Å². The fourth-order valence-electron chi connectivity index (χ4n) is 2.40. The molecule has 0 aliphatic heterocycles. The lowest BCUT2D eigenvalue weighted by atomic mass is 10.2. The summed E-state index contributed by atoms with van der Waals surface area (Å²) in [7, 11) is 3.08. The van der Waals surface area contributed by atoms with Gasteiger partial charge in [-0.1, -0.05) is 12.1 Å². The standard InChI is InChI=1S/C19H17FN2O3S/c1-24-12-7-8-16(17(9-12)25-2)22-18(23)10-13-11-21-19(26-13)14-5-3-4-6-15(14)20/h3-9,11H,10H2,1-2H3,(H,22,23). The number of nitrogens with zero attached hydrogens (tertiary/aromatic N) is 1. The molecule has 0 saturated carbocycles. The van der Waals surface area contributed by atoms with Gasteiger partial charge in [0.1, 0.15) is 22.3 Å². The number of methoxy groups -OCH3 is 2. The van der Waals surface area contributed by atoms with E-state index in [-0.39, 0.29) is 18.1 Å². The maximum atomic E-state index is 13.8. The highest BCUT2D eigenvalue weighted by molar-refractivity contribution is 7.15. The van der Waals surface area contributed by atoms with Gasteiger partial charge in [-0.25, -0.2) is 9.37 Å². The zero-order valence-corrected chi connectivity index (χ0v) is 15.1. The highest BCUT2D eigenvalue weighted by atomic mass is 32.1. The van der Waals surface area contributed by atoms with Crippen molar-refractivity contribution in [1.82, 2.24) is 4.98 Å². The maximum absolute atomic E-state index is 13.8. The molecule has 1 heterocycles. The molecule has 0 saturated heterocycles. The minimum absolute atomic E-state index is 0.140. The molecule has 0 fully saturated rings. The van der Waals surface area contributed by atoms with Gasteiger partial charge in [0.25, 0.3) is 0 Å². The molecule has 2 aromatic carbocycles. The third-order valence-corrected chi connectivity index (χ3v) is 4.71. The molecule has 3 rings (SSSR count). The average molecular weight is 372 g/mol. The highest BCUT2D eigenvalue weighted by Gasteiger charge is 2.13. The van der Waals surface area contributed by atoms with Crippen LogP contribution in [0.2, 0.25) is 0 Å². The Balaban J connectivity index is 1.71. The van der Waals surface area contributed by atoms with Gasteiger partial charge in [0.15, 0.2) is 0 Å². The first-order valence-electron chi connectivity index (χ1n) is 7.82. The summed E-state index contributed by atoms with van der Waals surface area (Å²) in [5.41, 5.74) is 0.984. The Labute approximate surface area is 154 Å².